The summed E-state index contributed by atoms with van der Waals surface area (Å²) in [6.45, 7) is 8.99. The van der Waals surface area contributed by atoms with E-state index in [4.69, 9.17) is 45.6 Å². The van der Waals surface area contributed by atoms with Crippen LogP contribution in [0.5, 0.6) is 0 Å². The first kappa shape index (κ1) is 69.0. The Morgan fingerprint density at radius 1 is 0.290 bits per heavy atom. The Bertz CT molecular complexity index is 1220. The van der Waals surface area contributed by atoms with E-state index in [0.717, 1.165) is 13.2 Å². The highest BCUT2D eigenvalue weighted by Crippen LogP contribution is 2.33. The van der Waals surface area contributed by atoms with E-state index in [1.807, 2.05) is 0 Å². The van der Waals surface area contributed by atoms with E-state index in [1.165, 1.54) is 219 Å². The normalized spacial score (nSPS) is 12.1. The molecule has 0 spiro atoms. The molecule has 0 heterocycles. The molecular weight excluding hydrogens is 897 g/mol. The third-order valence-corrected chi connectivity index (χ3v) is 12.8. The molecule has 0 amide bonds. The summed E-state index contributed by atoms with van der Waals surface area (Å²) >= 11 is 0. The van der Waals surface area contributed by atoms with Gasteiger partial charge in [-0.2, -0.15) is 0 Å². The zero-order valence-electron chi connectivity index (χ0n) is 42.9. The number of hydrogen-bond acceptors (Lipinski definition) is 9. The van der Waals surface area contributed by atoms with Crippen molar-refractivity contribution >= 4 is 47.8 Å². The highest BCUT2D eigenvalue weighted by atomic mass is 16.5. The molecule has 17 nitrogen and oxygen atoms in total. The van der Waals surface area contributed by atoms with E-state index in [1.54, 1.807) is 0 Å². The number of aliphatic carboxylic acids is 8. The van der Waals surface area contributed by atoms with Crippen LogP contribution in [0.2, 0.25) is 0 Å². The molecule has 0 saturated carbocycles. The summed E-state index contributed by atoms with van der Waals surface area (Å²) < 4.78 is 5.87. The quantitative estimate of drug-likeness (QED) is 0.0208. The molecule has 0 saturated heterocycles. The zero-order valence-corrected chi connectivity index (χ0v) is 42.9. The van der Waals surface area contributed by atoms with Crippen LogP contribution in [-0.2, 0) is 43.1 Å². The molecular formula is C52H94O17. The number of hydrogen-bond donors (Lipinski definition) is 8. The van der Waals surface area contributed by atoms with Gasteiger partial charge in [0.05, 0.1) is 11.8 Å². The third kappa shape index (κ3) is 30.2. The molecule has 0 aliphatic carbocycles. The highest BCUT2D eigenvalue weighted by Gasteiger charge is 2.63. The van der Waals surface area contributed by atoms with Gasteiger partial charge in [0.1, 0.15) is 0 Å². The van der Waals surface area contributed by atoms with Gasteiger partial charge >= 0.3 is 47.8 Å². The van der Waals surface area contributed by atoms with Crippen LogP contribution < -0.4 is 0 Å². The Morgan fingerprint density at radius 3 is 0.565 bits per heavy atom. The molecule has 0 rings (SSSR count). The van der Waals surface area contributed by atoms with E-state index in [9.17, 15) is 38.4 Å². The molecule has 0 aromatic rings. The van der Waals surface area contributed by atoms with Crippen molar-refractivity contribution in [3.63, 3.8) is 0 Å². The van der Waals surface area contributed by atoms with Gasteiger partial charge in [0.2, 0.25) is 0 Å². The number of unbranched alkanes of at least 4 members (excludes halogenated alkanes) is 30. The minimum Gasteiger partial charge on any atom is -0.481 e. The van der Waals surface area contributed by atoms with Crippen molar-refractivity contribution in [2.45, 2.75) is 246 Å². The first-order valence-corrected chi connectivity index (χ1v) is 26.3. The van der Waals surface area contributed by atoms with Crippen LogP contribution in [0.4, 0.5) is 0 Å². The van der Waals surface area contributed by atoms with Crippen LogP contribution in [0, 0.1) is 22.7 Å². The van der Waals surface area contributed by atoms with E-state index < -0.39 is 83.3 Å². The summed E-state index contributed by atoms with van der Waals surface area (Å²) in [5.74, 6) is -20.9. The summed E-state index contributed by atoms with van der Waals surface area (Å²) in [5, 5.41) is 69.5. The molecule has 69 heavy (non-hydrogen) atoms. The summed E-state index contributed by atoms with van der Waals surface area (Å²) in [6, 6.07) is 0. The summed E-state index contributed by atoms with van der Waals surface area (Å²) in [4.78, 5) is 86.1. The lowest BCUT2D eigenvalue weighted by molar-refractivity contribution is -0.187. The Morgan fingerprint density at radius 2 is 0.449 bits per heavy atom. The molecule has 0 radical (unpaired) electrons. The van der Waals surface area contributed by atoms with Gasteiger partial charge in [0, 0.05) is 13.2 Å². The van der Waals surface area contributed by atoms with Crippen LogP contribution in [0.15, 0.2) is 0 Å². The van der Waals surface area contributed by atoms with Crippen LogP contribution in [0.25, 0.3) is 0 Å². The Hall–Kier alpha value is -4.28. The van der Waals surface area contributed by atoms with Crippen molar-refractivity contribution in [1.29, 1.82) is 0 Å². The lowest BCUT2D eigenvalue weighted by Gasteiger charge is -2.25. The van der Waals surface area contributed by atoms with Crippen LogP contribution in [-0.4, -0.2) is 102 Å². The predicted molar refractivity (Wildman–Crippen MR) is 263 cm³/mol. The van der Waals surface area contributed by atoms with E-state index >= 15 is 0 Å². The number of rotatable bonds is 46. The second-order valence-corrected chi connectivity index (χ2v) is 18.3. The van der Waals surface area contributed by atoms with Crippen molar-refractivity contribution in [2.75, 3.05) is 13.2 Å². The van der Waals surface area contributed by atoms with Crippen LogP contribution in [0.1, 0.15) is 246 Å². The van der Waals surface area contributed by atoms with Gasteiger partial charge < -0.3 is 45.6 Å². The molecule has 8 N–H and O–H groups in total. The number of carboxylic acid groups (broad SMARTS) is 8. The molecule has 0 aromatic heterocycles. The van der Waals surface area contributed by atoms with Crippen molar-refractivity contribution in [2.24, 2.45) is 22.7 Å². The lowest BCUT2D eigenvalue weighted by atomic mass is 9.74. The zero-order chi connectivity index (χ0) is 52.9. The number of carboxylic acids is 8. The molecule has 2 unspecified atom stereocenters. The maximum Gasteiger partial charge on any atom is 0.333 e. The van der Waals surface area contributed by atoms with E-state index in [-0.39, 0.29) is 0 Å². The minimum absolute atomic E-state index is 0.430. The van der Waals surface area contributed by atoms with Crippen molar-refractivity contribution in [1.82, 2.24) is 0 Å². The van der Waals surface area contributed by atoms with Crippen molar-refractivity contribution in [3.05, 3.63) is 0 Å². The van der Waals surface area contributed by atoms with Gasteiger partial charge in [-0.25, -0.2) is 0 Å². The lowest BCUT2D eigenvalue weighted by Crippen LogP contribution is -2.54. The molecule has 0 fully saturated rings. The van der Waals surface area contributed by atoms with E-state index in [2.05, 4.69) is 13.8 Å². The molecule has 0 aliphatic rings. The van der Waals surface area contributed by atoms with Gasteiger partial charge in [-0.15, -0.1) is 0 Å². The first-order valence-electron chi connectivity index (χ1n) is 26.3. The standard InChI is InChI=1S/C36H74O.2C8H10O8/c1-3-5-7-9-11-13-15-17-19-21-23-25-27-29-31-33-35-37-36-34-32-30-28-26-24-22-20-18-16-14-12-10-8-6-4-2;2*1-2-3(4(9)10)8(5(11)12,6(13)14)7(15)16/h3-36H2,1-2H3;2*3H,2H2,1H3,(H,9,10)(H,11,12)(H,13,14)(H,15,16). The highest BCUT2D eigenvalue weighted by molar-refractivity contribution is 6.19. The second kappa shape index (κ2) is 44.9. The smallest absolute Gasteiger partial charge is 0.333 e. The molecule has 2 atom stereocenters. The maximum absolute atomic E-state index is 10.8. The predicted octanol–water partition coefficient (Wildman–Crippen LogP) is 12.2. The molecule has 0 aliphatic heterocycles. The average molecular weight is 991 g/mol. The number of carbonyl (C=O) groups is 8. The fourth-order valence-electron chi connectivity index (χ4n) is 8.38. The SMILES string of the molecule is CCC(C(=O)O)C(C(=O)O)(C(=O)O)C(=O)O.CCC(C(=O)O)C(C(=O)O)(C(=O)O)C(=O)O.CCCCCCCCCCCCCCCCCCOCCCCCCCCCCCCCCCCCC. The van der Waals surface area contributed by atoms with Gasteiger partial charge in [-0.05, 0) is 25.7 Å². The van der Waals surface area contributed by atoms with Gasteiger partial charge in [0.25, 0.3) is 10.8 Å². The number of ether oxygens (including phenoxy) is 1. The topological polar surface area (TPSA) is 308 Å². The van der Waals surface area contributed by atoms with Crippen LogP contribution in [0.3, 0.4) is 0 Å². The van der Waals surface area contributed by atoms with E-state index in [0.29, 0.717) is 0 Å². The molecule has 0 bridgehead atoms. The Labute approximate surface area is 412 Å². The summed E-state index contributed by atoms with van der Waals surface area (Å²) in [5.41, 5.74) is -6.72. The fraction of sp³-hybridized carbons (Fsp3) is 0.846. The first-order chi connectivity index (χ1) is 32.9. The Kier molecular flexibility index (Phi) is 44.9. The molecule has 17 heteroatoms. The third-order valence-electron chi connectivity index (χ3n) is 12.8. The molecule has 404 valence electrons. The fourth-order valence-corrected chi connectivity index (χ4v) is 8.38. The van der Waals surface area contributed by atoms with Crippen molar-refractivity contribution < 1.29 is 83.9 Å². The summed E-state index contributed by atoms with van der Waals surface area (Å²) in [7, 11) is 0. The van der Waals surface area contributed by atoms with Gasteiger partial charge in [-0.1, -0.05) is 220 Å². The average Bonchev–Trinajstić information content (AvgIpc) is 3.28. The minimum atomic E-state index is -3.36. The molecule has 0 aromatic carbocycles. The van der Waals surface area contributed by atoms with Crippen LogP contribution >= 0.6 is 0 Å². The maximum atomic E-state index is 10.8. The Balaban J connectivity index is -0.00000112. The second-order valence-electron chi connectivity index (χ2n) is 18.3. The summed E-state index contributed by atoms with van der Waals surface area (Å²) in [6.07, 6.45) is 45.2. The van der Waals surface area contributed by atoms with Gasteiger partial charge in [-0.3, -0.25) is 38.4 Å². The van der Waals surface area contributed by atoms with Crippen molar-refractivity contribution in [3.8, 4) is 0 Å². The monoisotopic (exact) mass is 991 g/mol. The van der Waals surface area contributed by atoms with Gasteiger partial charge in [0.15, 0.2) is 0 Å². The largest absolute Gasteiger partial charge is 0.481 e.